The predicted octanol–water partition coefficient (Wildman–Crippen LogP) is 3.95. The molecule has 0 aliphatic rings. The summed E-state index contributed by atoms with van der Waals surface area (Å²) in [5.74, 6) is -0.231. The first-order chi connectivity index (χ1) is 9.72. The van der Waals surface area contributed by atoms with E-state index in [1.165, 1.54) is 4.70 Å². The van der Waals surface area contributed by atoms with Crippen molar-refractivity contribution >= 4 is 38.7 Å². The van der Waals surface area contributed by atoms with Crippen LogP contribution >= 0.6 is 22.7 Å². The van der Waals surface area contributed by atoms with Crippen LogP contribution in [-0.2, 0) is 22.6 Å². The molecule has 0 unspecified atom stereocenters. The van der Waals surface area contributed by atoms with Gasteiger partial charge in [-0.05, 0) is 23.8 Å². The maximum Gasteiger partial charge on any atom is 0.312 e. The van der Waals surface area contributed by atoms with E-state index in [1.807, 2.05) is 29.8 Å². The summed E-state index contributed by atoms with van der Waals surface area (Å²) in [4.78, 5) is 16.1. The standard InChI is InChI=1S/C15H13NO2S2/c1-10-16-12(9-19-10)6-15(17)18-7-11-8-20-14-5-3-2-4-13(11)14/h2-5,8-9H,6-7H2,1H3. The summed E-state index contributed by atoms with van der Waals surface area (Å²) < 4.78 is 6.56. The number of benzene rings is 1. The third-order valence-electron chi connectivity index (χ3n) is 2.94. The van der Waals surface area contributed by atoms with Crippen molar-refractivity contribution in [2.45, 2.75) is 20.0 Å². The first kappa shape index (κ1) is 13.3. The number of aryl methyl sites for hydroxylation is 1. The summed E-state index contributed by atoms with van der Waals surface area (Å²) in [5.41, 5.74) is 1.85. The highest BCUT2D eigenvalue weighted by molar-refractivity contribution is 7.17. The number of carbonyl (C=O) groups is 1. The van der Waals surface area contributed by atoms with Gasteiger partial charge >= 0.3 is 5.97 Å². The molecule has 0 aliphatic carbocycles. The molecule has 0 radical (unpaired) electrons. The minimum atomic E-state index is -0.231. The minimum absolute atomic E-state index is 0.231. The van der Waals surface area contributed by atoms with E-state index in [0.29, 0.717) is 6.61 Å². The minimum Gasteiger partial charge on any atom is -0.460 e. The van der Waals surface area contributed by atoms with Crippen LogP contribution in [0.3, 0.4) is 0 Å². The van der Waals surface area contributed by atoms with E-state index in [1.54, 1.807) is 22.7 Å². The molecule has 1 aromatic carbocycles. The number of ether oxygens (including phenoxy) is 1. The Kier molecular flexibility index (Phi) is 3.80. The van der Waals surface area contributed by atoms with Gasteiger partial charge in [0, 0.05) is 15.6 Å². The highest BCUT2D eigenvalue weighted by atomic mass is 32.1. The second-order valence-corrected chi connectivity index (χ2v) is 6.43. The van der Waals surface area contributed by atoms with Gasteiger partial charge in [0.05, 0.1) is 17.1 Å². The average Bonchev–Trinajstić information content (AvgIpc) is 3.03. The normalized spacial score (nSPS) is 10.8. The quantitative estimate of drug-likeness (QED) is 0.685. The third kappa shape index (κ3) is 2.89. The summed E-state index contributed by atoms with van der Waals surface area (Å²) in [5, 5.41) is 6.08. The zero-order chi connectivity index (χ0) is 13.9. The fraction of sp³-hybridized carbons (Fsp3) is 0.200. The molecule has 0 amide bonds. The van der Waals surface area contributed by atoms with Gasteiger partial charge in [-0.3, -0.25) is 4.79 Å². The Hall–Kier alpha value is -1.72. The van der Waals surface area contributed by atoms with Gasteiger partial charge in [0.15, 0.2) is 0 Å². The smallest absolute Gasteiger partial charge is 0.312 e. The maximum atomic E-state index is 11.8. The maximum absolute atomic E-state index is 11.8. The van der Waals surface area contributed by atoms with E-state index in [-0.39, 0.29) is 12.4 Å². The second kappa shape index (κ2) is 5.73. The molecule has 20 heavy (non-hydrogen) atoms. The molecule has 2 aromatic heterocycles. The Bertz CT molecular complexity index is 745. The van der Waals surface area contributed by atoms with Gasteiger partial charge in [0.25, 0.3) is 0 Å². The summed E-state index contributed by atoms with van der Waals surface area (Å²) in [6.07, 6.45) is 0.242. The van der Waals surface area contributed by atoms with Crippen LogP contribution in [0.1, 0.15) is 16.3 Å². The van der Waals surface area contributed by atoms with Crippen LogP contribution in [-0.4, -0.2) is 11.0 Å². The van der Waals surface area contributed by atoms with Gasteiger partial charge in [0.1, 0.15) is 6.61 Å². The number of hydrogen-bond donors (Lipinski definition) is 0. The number of thiazole rings is 1. The van der Waals surface area contributed by atoms with Gasteiger partial charge in [-0.2, -0.15) is 0 Å². The Balaban J connectivity index is 1.63. The van der Waals surface area contributed by atoms with E-state index in [4.69, 9.17) is 4.74 Å². The van der Waals surface area contributed by atoms with Crippen molar-refractivity contribution in [3.63, 3.8) is 0 Å². The number of fused-ring (bicyclic) bond motifs is 1. The lowest BCUT2D eigenvalue weighted by Crippen LogP contribution is -2.08. The van der Waals surface area contributed by atoms with Crippen molar-refractivity contribution in [3.8, 4) is 0 Å². The largest absolute Gasteiger partial charge is 0.460 e. The Morgan fingerprint density at radius 3 is 2.90 bits per heavy atom. The van der Waals surface area contributed by atoms with Gasteiger partial charge in [-0.25, -0.2) is 4.98 Å². The van der Waals surface area contributed by atoms with Crippen molar-refractivity contribution in [1.29, 1.82) is 0 Å². The molecule has 0 fully saturated rings. The number of thiophene rings is 1. The monoisotopic (exact) mass is 303 g/mol. The topological polar surface area (TPSA) is 39.2 Å². The number of esters is 1. The summed E-state index contributed by atoms with van der Waals surface area (Å²) in [7, 11) is 0. The van der Waals surface area contributed by atoms with Crippen LogP contribution < -0.4 is 0 Å². The van der Waals surface area contributed by atoms with E-state index >= 15 is 0 Å². The van der Waals surface area contributed by atoms with E-state index < -0.39 is 0 Å². The van der Waals surface area contributed by atoms with Crippen LogP contribution in [0.15, 0.2) is 35.0 Å². The SMILES string of the molecule is Cc1nc(CC(=O)OCc2csc3ccccc23)cs1. The highest BCUT2D eigenvalue weighted by Crippen LogP contribution is 2.26. The van der Waals surface area contributed by atoms with E-state index in [0.717, 1.165) is 21.7 Å². The molecule has 0 aliphatic heterocycles. The van der Waals surface area contributed by atoms with Crippen molar-refractivity contribution < 1.29 is 9.53 Å². The predicted molar refractivity (Wildman–Crippen MR) is 82.2 cm³/mol. The average molecular weight is 303 g/mol. The molecule has 0 N–H and O–H groups in total. The lowest BCUT2D eigenvalue weighted by Gasteiger charge is -2.03. The zero-order valence-electron chi connectivity index (χ0n) is 11.0. The van der Waals surface area contributed by atoms with Crippen molar-refractivity contribution in [2.75, 3.05) is 0 Å². The first-order valence-corrected chi connectivity index (χ1v) is 8.00. The second-order valence-electron chi connectivity index (χ2n) is 4.45. The molecule has 0 saturated carbocycles. The summed E-state index contributed by atoms with van der Waals surface area (Å²) in [6.45, 7) is 2.25. The molecule has 3 nitrogen and oxygen atoms in total. The molecule has 3 aromatic rings. The van der Waals surface area contributed by atoms with Crippen molar-refractivity contribution in [2.24, 2.45) is 0 Å². The van der Waals surface area contributed by atoms with E-state index in [2.05, 4.69) is 17.1 Å². The van der Waals surface area contributed by atoms with Crippen LogP contribution in [0.5, 0.6) is 0 Å². The molecule has 2 heterocycles. The molecule has 0 atom stereocenters. The van der Waals surface area contributed by atoms with Gasteiger partial charge < -0.3 is 4.74 Å². The third-order valence-corrected chi connectivity index (χ3v) is 4.78. The number of nitrogens with zero attached hydrogens (tertiary/aromatic N) is 1. The van der Waals surface area contributed by atoms with E-state index in [9.17, 15) is 4.79 Å². The highest BCUT2D eigenvalue weighted by Gasteiger charge is 2.10. The first-order valence-electron chi connectivity index (χ1n) is 6.24. The van der Waals surface area contributed by atoms with Crippen LogP contribution in [0.25, 0.3) is 10.1 Å². The molecular weight excluding hydrogens is 290 g/mol. The number of rotatable bonds is 4. The lowest BCUT2D eigenvalue weighted by atomic mass is 10.2. The van der Waals surface area contributed by atoms with Crippen LogP contribution in [0.4, 0.5) is 0 Å². The fourth-order valence-electron chi connectivity index (χ4n) is 1.99. The van der Waals surface area contributed by atoms with Crippen LogP contribution in [0.2, 0.25) is 0 Å². The molecular formula is C15H13NO2S2. The number of carbonyl (C=O) groups excluding carboxylic acids is 1. The molecule has 0 spiro atoms. The van der Waals surface area contributed by atoms with Crippen LogP contribution in [0, 0.1) is 6.92 Å². The Labute approximate surface area is 124 Å². The molecule has 102 valence electrons. The Morgan fingerprint density at radius 2 is 2.10 bits per heavy atom. The number of hydrogen-bond acceptors (Lipinski definition) is 5. The lowest BCUT2D eigenvalue weighted by molar-refractivity contribution is -0.144. The fourth-order valence-corrected chi connectivity index (χ4v) is 3.55. The van der Waals surface area contributed by atoms with Gasteiger partial charge in [-0.1, -0.05) is 18.2 Å². The molecule has 5 heteroatoms. The van der Waals surface area contributed by atoms with Crippen molar-refractivity contribution in [1.82, 2.24) is 4.98 Å². The molecule has 0 saturated heterocycles. The molecule has 3 rings (SSSR count). The summed E-state index contributed by atoms with van der Waals surface area (Å²) in [6, 6.07) is 8.14. The number of aromatic nitrogens is 1. The van der Waals surface area contributed by atoms with Gasteiger partial charge in [0.2, 0.25) is 0 Å². The zero-order valence-corrected chi connectivity index (χ0v) is 12.6. The summed E-state index contributed by atoms with van der Waals surface area (Å²) >= 11 is 3.22. The van der Waals surface area contributed by atoms with Crippen molar-refractivity contribution in [3.05, 3.63) is 51.3 Å². The Morgan fingerprint density at radius 1 is 1.25 bits per heavy atom. The van der Waals surface area contributed by atoms with Gasteiger partial charge in [-0.15, -0.1) is 22.7 Å². The molecule has 0 bridgehead atoms.